The van der Waals surface area contributed by atoms with Crippen LogP contribution in [0, 0.1) is 5.82 Å². The number of aromatic carboxylic acids is 1. The van der Waals surface area contributed by atoms with E-state index in [1.54, 1.807) is 0 Å². The fourth-order valence-electron chi connectivity index (χ4n) is 3.36. The van der Waals surface area contributed by atoms with Gasteiger partial charge in [-0.25, -0.2) is 14.2 Å². The summed E-state index contributed by atoms with van der Waals surface area (Å²) in [6, 6.07) is 1.80. The number of hydrogen-bond acceptors (Lipinski definition) is 7. The maximum absolute atomic E-state index is 13.8. The van der Waals surface area contributed by atoms with Crippen LogP contribution in [0.1, 0.15) is 42.5 Å². The molecular formula is C15H18FN5O3. The summed E-state index contributed by atoms with van der Waals surface area (Å²) in [6.45, 7) is 0. The molecule has 1 heterocycles. The molecule has 1 aromatic carbocycles. The van der Waals surface area contributed by atoms with E-state index < -0.39 is 28.8 Å². The molecule has 0 atom stereocenters. The van der Waals surface area contributed by atoms with Gasteiger partial charge in [-0.05, 0) is 31.7 Å². The second-order valence-electron chi connectivity index (χ2n) is 5.94. The van der Waals surface area contributed by atoms with Crippen molar-refractivity contribution in [3.05, 3.63) is 23.5 Å². The van der Waals surface area contributed by atoms with Gasteiger partial charge in [-0.15, -0.1) is 0 Å². The van der Waals surface area contributed by atoms with E-state index in [0.29, 0.717) is 12.8 Å². The molecule has 1 fully saturated rings. The first-order chi connectivity index (χ1) is 11.3. The largest absolute Gasteiger partial charge is 0.506 e. The fourth-order valence-corrected chi connectivity index (χ4v) is 3.36. The van der Waals surface area contributed by atoms with Gasteiger partial charge in [0.2, 0.25) is 11.9 Å². The number of aromatic hydroxyl groups is 1. The van der Waals surface area contributed by atoms with Crippen molar-refractivity contribution in [1.29, 1.82) is 0 Å². The van der Waals surface area contributed by atoms with Crippen molar-refractivity contribution in [2.75, 3.05) is 4.90 Å². The van der Waals surface area contributed by atoms with E-state index in [-0.39, 0.29) is 17.6 Å². The predicted octanol–water partition coefficient (Wildman–Crippen LogP) is 1.34. The molecule has 0 bridgehead atoms. The topological polar surface area (TPSA) is 138 Å². The van der Waals surface area contributed by atoms with Crippen molar-refractivity contribution in [3.8, 4) is 5.75 Å². The first kappa shape index (κ1) is 16.0. The second-order valence-corrected chi connectivity index (χ2v) is 5.94. The van der Waals surface area contributed by atoms with Gasteiger partial charge < -0.3 is 21.7 Å². The van der Waals surface area contributed by atoms with Crippen molar-refractivity contribution in [1.82, 2.24) is 0 Å². The van der Waals surface area contributed by atoms with Crippen molar-refractivity contribution < 1.29 is 19.4 Å². The third-order valence-corrected chi connectivity index (χ3v) is 4.39. The van der Waals surface area contributed by atoms with E-state index in [0.717, 1.165) is 31.4 Å². The zero-order valence-corrected chi connectivity index (χ0v) is 12.9. The van der Waals surface area contributed by atoms with Crippen molar-refractivity contribution >= 4 is 23.6 Å². The van der Waals surface area contributed by atoms with Crippen LogP contribution >= 0.6 is 0 Å². The molecule has 0 saturated heterocycles. The minimum Gasteiger partial charge on any atom is -0.506 e. The summed E-state index contributed by atoms with van der Waals surface area (Å²) in [4.78, 5) is 21.0. The Hall–Kier alpha value is -2.84. The molecular weight excluding hydrogens is 317 g/mol. The molecule has 6 N–H and O–H groups in total. The fraction of sp³-hybridized carbons (Fsp3) is 0.400. The quantitative estimate of drug-likeness (QED) is 0.643. The van der Waals surface area contributed by atoms with Crippen molar-refractivity contribution in [2.24, 2.45) is 21.5 Å². The second kappa shape index (κ2) is 5.66. The van der Waals surface area contributed by atoms with E-state index in [9.17, 15) is 14.3 Å². The standard InChI is InChI=1S/C15H18FN5O3/c16-9-7-11(22)10(6-8(9)12(23)24)21-14(18)19-13(17)20-15(21)4-2-1-3-5-15/h6-7,22H,1-5H2,(H,23,24)(H4,17,18,19,20). The molecule has 1 saturated carbocycles. The average molecular weight is 335 g/mol. The summed E-state index contributed by atoms with van der Waals surface area (Å²) in [6.07, 6.45) is 3.99. The highest BCUT2D eigenvalue weighted by atomic mass is 19.1. The summed E-state index contributed by atoms with van der Waals surface area (Å²) >= 11 is 0. The van der Waals surface area contributed by atoms with Crippen LogP contribution in [-0.4, -0.2) is 33.8 Å². The van der Waals surface area contributed by atoms with E-state index in [4.69, 9.17) is 16.6 Å². The van der Waals surface area contributed by atoms with E-state index in [1.807, 2.05) is 0 Å². The van der Waals surface area contributed by atoms with Crippen LogP contribution in [0.25, 0.3) is 0 Å². The summed E-state index contributed by atoms with van der Waals surface area (Å²) in [5, 5.41) is 19.3. The number of carboxylic acids is 1. The molecule has 9 heteroatoms. The average Bonchev–Trinajstić information content (AvgIpc) is 2.49. The molecule has 3 rings (SSSR count). The van der Waals surface area contributed by atoms with Crippen LogP contribution in [0.15, 0.2) is 22.1 Å². The summed E-state index contributed by atoms with van der Waals surface area (Å²) in [7, 11) is 0. The van der Waals surface area contributed by atoms with Gasteiger partial charge in [-0.2, -0.15) is 4.99 Å². The highest BCUT2D eigenvalue weighted by Gasteiger charge is 2.43. The normalized spacial score (nSPS) is 19.8. The van der Waals surface area contributed by atoms with E-state index >= 15 is 0 Å². The molecule has 128 valence electrons. The van der Waals surface area contributed by atoms with Crippen molar-refractivity contribution in [2.45, 2.75) is 37.8 Å². The lowest BCUT2D eigenvalue weighted by Gasteiger charge is -2.45. The van der Waals surface area contributed by atoms with Crippen LogP contribution in [0.3, 0.4) is 0 Å². The maximum Gasteiger partial charge on any atom is 0.338 e. The Morgan fingerprint density at radius 3 is 2.54 bits per heavy atom. The van der Waals surface area contributed by atoms with Gasteiger partial charge in [0.1, 0.15) is 17.2 Å². The van der Waals surface area contributed by atoms with Crippen LogP contribution in [0.5, 0.6) is 5.75 Å². The number of benzene rings is 1. The molecule has 1 spiro atoms. The van der Waals surface area contributed by atoms with Crippen LogP contribution in [0.2, 0.25) is 0 Å². The van der Waals surface area contributed by atoms with Gasteiger partial charge >= 0.3 is 5.97 Å². The number of nitrogens with zero attached hydrogens (tertiary/aromatic N) is 3. The van der Waals surface area contributed by atoms with Crippen LogP contribution in [0.4, 0.5) is 10.1 Å². The Labute approximate surface area is 137 Å². The zero-order valence-electron chi connectivity index (χ0n) is 12.9. The number of carbonyl (C=O) groups is 1. The number of carboxylic acid groups (broad SMARTS) is 1. The van der Waals surface area contributed by atoms with Gasteiger partial charge in [-0.3, -0.25) is 4.90 Å². The van der Waals surface area contributed by atoms with Crippen LogP contribution in [-0.2, 0) is 0 Å². The molecule has 1 aromatic rings. The number of aliphatic imine (C=N–C) groups is 2. The highest BCUT2D eigenvalue weighted by molar-refractivity contribution is 6.07. The number of hydrogen-bond donors (Lipinski definition) is 4. The smallest absolute Gasteiger partial charge is 0.338 e. The molecule has 0 radical (unpaired) electrons. The minimum atomic E-state index is -1.44. The maximum atomic E-state index is 13.8. The Morgan fingerprint density at radius 2 is 1.92 bits per heavy atom. The minimum absolute atomic E-state index is 0.0114. The SMILES string of the molecule is NC1=NC2(CCCCC2)N(c2cc(C(=O)O)c(F)cc2O)C(N)=N1. The lowest BCUT2D eigenvalue weighted by atomic mass is 9.87. The Kier molecular flexibility index (Phi) is 3.78. The number of phenolic OH excluding ortho intramolecular Hbond substituents is 1. The number of phenols is 1. The Morgan fingerprint density at radius 1 is 1.25 bits per heavy atom. The monoisotopic (exact) mass is 335 g/mol. The number of halogens is 1. The predicted molar refractivity (Wildman–Crippen MR) is 86.6 cm³/mol. The van der Waals surface area contributed by atoms with Gasteiger partial charge in [0, 0.05) is 6.07 Å². The summed E-state index contributed by atoms with van der Waals surface area (Å²) in [5.74, 6) is -2.89. The lowest BCUT2D eigenvalue weighted by molar-refractivity contribution is 0.0692. The zero-order chi connectivity index (χ0) is 17.5. The molecule has 2 aliphatic rings. The van der Waals surface area contributed by atoms with E-state index in [1.165, 1.54) is 4.90 Å². The van der Waals surface area contributed by atoms with Gasteiger partial charge in [0.05, 0.1) is 11.3 Å². The molecule has 24 heavy (non-hydrogen) atoms. The first-order valence-corrected chi connectivity index (χ1v) is 7.59. The third kappa shape index (κ3) is 2.51. The molecule has 0 aromatic heterocycles. The van der Waals surface area contributed by atoms with Crippen molar-refractivity contribution in [3.63, 3.8) is 0 Å². The van der Waals surface area contributed by atoms with Crippen LogP contribution < -0.4 is 16.4 Å². The van der Waals surface area contributed by atoms with Gasteiger partial charge in [-0.1, -0.05) is 6.42 Å². The molecule has 0 amide bonds. The Balaban J connectivity index is 2.17. The molecule has 0 unspecified atom stereocenters. The highest BCUT2D eigenvalue weighted by Crippen LogP contribution is 2.42. The Bertz CT molecular complexity index is 756. The number of nitrogens with two attached hydrogens (primary N) is 2. The van der Waals surface area contributed by atoms with Gasteiger partial charge in [0.15, 0.2) is 0 Å². The number of anilines is 1. The number of rotatable bonds is 2. The number of guanidine groups is 2. The van der Waals surface area contributed by atoms with Gasteiger partial charge in [0.25, 0.3) is 0 Å². The summed E-state index contributed by atoms with van der Waals surface area (Å²) in [5.41, 5.74) is 10.4. The van der Waals surface area contributed by atoms with E-state index in [2.05, 4.69) is 9.98 Å². The molecule has 8 nitrogen and oxygen atoms in total. The lowest BCUT2D eigenvalue weighted by Crippen LogP contribution is -2.58. The third-order valence-electron chi connectivity index (χ3n) is 4.39. The summed E-state index contributed by atoms with van der Waals surface area (Å²) < 4.78 is 13.8. The molecule has 1 aliphatic carbocycles. The first-order valence-electron chi connectivity index (χ1n) is 7.59. The molecule has 1 aliphatic heterocycles.